The van der Waals surface area contributed by atoms with Gasteiger partial charge in [-0.2, -0.15) is 0 Å². The van der Waals surface area contributed by atoms with Crippen LogP contribution in [0.1, 0.15) is 22.3 Å². The molecule has 0 amide bonds. The predicted molar refractivity (Wildman–Crippen MR) is 110 cm³/mol. The molecular weight excluding hydrogens is 365 g/mol. The lowest BCUT2D eigenvalue weighted by Gasteiger charge is -2.09. The van der Waals surface area contributed by atoms with E-state index in [1.807, 2.05) is 43.3 Å². The SMILES string of the molecule is Cc1ccc(COc2ccc(C=Nc3cc(Cl)ccc3C)cc2Cl)cc1. The highest BCUT2D eigenvalue weighted by Gasteiger charge is 2.04. The van der Waals surface area contributed by atoms with Crippen LogP contribution >= 0.6 is 23.2 Å². The number of nitrogens with zero attached hydrogens (tertiary/aromatic N) is 1. The molecule has 0 radical (unpaired) electrons. The molecule has 4 heteroatoms. The van der Waals surface area contributed by atoms with Gasteiger partial charge in [-0.3, -0.25) is 4.99 Å². The van der Waals surface area contributed by atoms with E-state index in [-0.39, 0.29) is 0 Å². The monoisotopic (exact) mass is 383 g/mol. The lowest BCUT2D eigenvalue weighted by atomic mass is 10.2. The summed E-state index contributed by atoms with van der Waals surface area (Å²) in [6, 6.07) is 19.5. The Balaban J connectivity index is 1.69. The van der Waals surface area contributed by atoms with Crippen LogP contribution in [0.4, 0.5) is 5.69 Å². The number of halogens is 2. The summed E-state index contributed by atoms with van der Waals surface area (Å²) in [5, 5.41) is 1.23. The number of hydrogen-bond donors (Lipinski definition) is 0. The summed E-state index contributed by atoms with van der Waals surface area (Å²) in [6.45, 7) is 4.54. The number of aliphatic imine (C=N–C) groups is 1. The Hall–Kier alpha value is -2.29. The van der Waals surface area contributed by atoms with Crippen molar-refractivity contribution in [2.75, 3.05) is 0 Å². The maximum Gasteiger partial charge on any atom is 0.138 e. The Morgan fingerprint density at radius 2 is 1.69 bits per heavy atom. The van der Waals surface area contributed by atoms with Crippen molar-refractivity contribution < 1.29 is 4.74 Å². The van der Waals surface area contributed by atoms with Crippen LogP contribution in [0.3, 0.4) is 0 Å². The summed E-state index contributed by atoms with van der Waals surface area (Å²) in [5.74, 6) is 0.656. The van der Waals surface area contributed by atoms with Crippen LogP contribution in [0.25, 0.3) is 0 Å². The predicted octanol–water partition coefficient (Wildman–Crippen LogP) is 6.94. The van der Waals surface area contributed by atoms with Crippen LogP contribution in [0.5, 0.6) is 5.75 Å². The number of hydrogen-bond acceptors (Lipinski definition) is 2. The smallest absolute Gasteiger partial charge is 0.138 e. The van der Waals surface area contributed by atoms with Crippen molar-refractivity contribution in [3.05, 3.63) is 93.0 Å². The molecule has 0 unspecified atom stereocenters. The second kappa shape index (κ2) is 8.39. The molecule has 0 N–H and O–H groups in total. The van der Waals surface area contributed by atoms with Gasteiger partial charge in [0.15, 0.2) is 0 Å². The second-order valence-corrected chi connectivity index (χ2v) is 7.00. The Morgan fingerprint density at radius 3 is 2.42 bits per heavy atom. The minimum Gasteiger partial charge on any atom is -0.487 e. The molecule has 26 heavy (non-hydrogen) atoms. The van der Waals surface area contributed by atoms with Crippen molar-refractivity contribution >= 4 is 35.1 Å². The third-order valence-corrected chi connectivity index (χ3v) is 4.53. The average Bonchev–Trinajstić information content (AvgIpc) is 2.63. The van der Waals surface area contributed by atoms with E-state index in [4.69, 9.17) is 27.9 Å². The van der Waals surface area contributed by atoms with Gasteiger partial charge in [0.05, 0.1) is 10.7 Å². The minimum atomic E-state index is 0.481. The summed E-state index contributed by atoms with van der Waals surface area (Å²) < 4.78 is 5.82. The Morgan fingerprint density at radius 1 is 0.923 bits per heavy atom. The lowest BCUT2D eigenvalue weighted by molar-refractivity contribution is 0.306. The van der Waals surface area contributed by atoms with E-state index in [9.17, 15) is 0 Å². The highest BCUT2D eigenvalue weighted by molar-refractivity contribution is 6.32. The molecule has 0 aliphatic carbocycles. The van der Waals surface area contributed by atoms with E-state index in [1.165, 1.54) is 5.56 Å². The van der Waals surface area contributed by atoms with Crippen molar-refractivity contribution in [1.82, 2.24) is 0 Å². The highest BCUT2D eigenvalue weighted by atomic mass is 35.5. The lowest BCUT2D eigenvalue weighted by Crippen LogP contribution is -1.96. The van der Waals surface area contributed by atoms with Gasteiger partial charge in [-0.05, 0) is 60.9 Å². The van der Waals surface area contributed by atoms with E-state index in [2.05, 4.69) is 36.2 Å². The largest absolute Gasteiger partial charge is 0.487 e. The Kier molecular flexibility index (Phi) is 5.97. The van der Waals surface area contributed by atoms with Gasteiger partial charge in [-0.1, -0.05) is 59.1 Å². The molecule has 0 aliphatic rings. The third kappa shape index (κ3) is 4.87. The maximum absolute atomic E-state index is 6.35. The molecule has 3 rings (SSSR count). The van der Waals surface area contributed by atoms with E-state index < -0.39 is 0 Å². The van der Waals surface area contributed by atoms with Crippen molar-refractivity contribution in [2.24, 2.45) is 4.99 Å². The van der Waals surface area contributed by atoms with Crippen LogP contribution in [0.15, 0.2) is 65.7 Å². The van der Waals surface area contributed by atoms with Crippen molar-refractivity contribution in [1.29, 1.82) is 0 Å². The van der Waals surface area contributed by atoms with Crippen LogP contribution in [-0.2, 0) is 6.61 Å². The number of benzene rings is 3. The minimum absolute atomic E-state index is 0.481. The maximum atomic E-state index is 6.35. The van der Waals surface area contributed by atoms with Gasteiger partial charge in [0.1, 0.15) is 12.4 Å². The second-order valence-electron chi connectivity index (χ2n) is 6.15. The fourth-order valence-electron chi connectivity index (χ4n) is 2.43. The first kappa shape index (κ1) is 18.5. The van der Waals surface area contributed by atoms with Gasteiger partial charge >= 0.3 is 0 Å². The van der Waals surface area contributed by atoms with Gasteiger partial charge in [-0.25, -0.2) is 0 Å². The first-order valence-electron chi connectivity index (χ1n) is 8.29. The molecule has 2 nitrogen and oxygen atoms in total. The molecule has 0 aromatic heterocycles. The van der Waals surface area contributed by atoms with Crippen molar-refractivity contribution in [3.63, 3.8) is 0 Å². The normalized spacial score (nSPS) is 11.1. The average molecular weight is 384 g/mol. The zero-order valence-corrected chi connectivity index (χ0v) is 16.2. The van der Waals surface area contributed by atoms with E-state index >= 15 is 0 Å². The van der Waals surface area contributed by atoms with E-state index in [0.29, 0.717) is 22.4 Å². The van der Waals surface area contributed by atoms with E-state index in [1.54, 1.807) is 6.21 Å². The third-order valence-electron chi connectivity index (χ3n) is 3.99. The standard InChI is InChI=1S/C22H19Cl2NO/c1-15-3-6-17(7-4-15)14-26-22-10-8-18(11-20(22)24)13-25-21-12-19(23)9-5-16(21)2/h3-13H,14H2,1-2H3. The summed E-state index contributed by atoms with van der Waals surface area (Å²) in [6.07, 6.45) is 1.77. The zero-order valence-electron chi connectivity index (χ0n) is 14.7. The van der Waals surface area contributed by atoms with Gasteiger partial charge in [0.2, 0.25) is 0 Å². The van der Waals surface area contributed by atoms with Crippen molar-refractivity contribution in [3.8, 4) is 5.75 Å². The first-order chi connectivity index (χ1) is 12.5. The quantitative estimate of drug-likeness (QED) is 0.437. The van der Waals surface area contributed by atoms with Crippen LogP contribution in [0, 0.1) is 13.8 Å². The van der Waals surface area contributed by atoms with Crippen LogP contribution < -0.4 is 4.74 Å². The Labute approximate surface area is 164 Å². The molecule has 0 spiro atoms. The van der Waals surface area contributed by atoms with Crippen LogP contribution in [0.2, 0.25) is 10.0 Å². The van der Waals surface area contributed by atoms with Gasteiger partial charge < -0.3 is 4.74 Å². The fourth-order valence-corrected chi connectivity index (χ4v) is 2.84. The number of rotatable bonds is 5. The molecule has 3 aromatic carbocycles. The van der Waals surface area contributed by atoms with Gasteiger partial charge in [0, 0.05) is 11.2 Å². The summed E-state index contributed by atoms with van der Waals surface area (Å²) in [5.41, 5.74) is 5.14. The molecule has 132 valence electrons. The van der Waals surface area contributed by atoms with Gasteiger partial charge in [0.25, 0.3) is 0 Å². The highest BCUT2D eigenvalue weighted by Crippen LogP contribution is 2.27. The summed E-state index contributed by atoms with van der Waals surface area (Å²) in [7, 11) is 0. The molecule has 0 saturated carbocycles. The fraction of sp³-hybridized carbons (Fsp3) is 0.136. The van der Waals surface area contributed by atoms with Gasteiger partial charge in [-0.15, -0.1) is 0 Å². The molecule has 0 saturated heterocycles. The first-order valence-corrected chi connectivity index (χ1v) is 9.05. The van der Waals surface area contributed by atoms with Crippen LogP contribution in [-0.4, -0.2) is 6.21 Å². The molecule has 3 aromatic rings. The van der Waals surface area contributed by atoms with E-state index in [0.717, 1.165) is 22.4 Å². The molecule has 0 fully saturated rings. The van der Waals surface area contributed by atoms with Crippen molar-refractivity contribution in [2.45, 2.75) is 20.5 Å². The molecule has 0 bridgehead atoms. The number of aryl methyl sites for hydroxylation is 2. The molecule has 0 atom stereocenters. The number of ether oxygens (including phenoxy) is 1. The molecule has 0 aliphatic heterocycles. The zero-order chi connectivity index (χ0) is 18.5. The molecule has 0 heterocycles. The summed E-state index contributed by atoms with van der Waals surface area (Å²) >= 11 is 12.4. The summed E-state index contributed by atoms with van der Waals surface area (Å²) in [4.78, 5) is 4.50. The molecular formula is C22H19Cl2NO. The Bertz CT molecular complexity index is 933. The topological polar surface area (TPSA) is 21.6 Å².